The summed E-state index contributed by atoms with van der Waals surface area (Å²) in [6.45, 7) is 0.455. The largest absolute Gasteiger partial charge is 0.381 e. The summed E-state index contributed by atoms with van der Waals surface area (Å²) in [5, 5.41) is 15.8. The molecule has 9 nitrogen and oxygen atoms in total. The summed E-state index contributed by atoms with van der Waals surface area (Å²) < 4.78 is 31.2. The number of halogens is 1. The van der Waals surface area contributed by atoms with Crippen LogP contribution in [0.15, 0.2) is 35.3 Å². The quantitative estimate of drug-likeness (QED) is 0.579. The van der Waals surface area contributed by atoms with Crippen LogP contribution in [0, 0.1) is 11.3 Å². The topological polar surface area (TPSA) is 117 Å². The zero-order chi connectivity index (χ0) is 25.3. The van der Waals surface area contributed by atoms with Gasteiger partial charge in [0, 0.05) is 24.3 Å². The van der Waals surface area contributed by atoms with E-state index in [1.54, 1.807) is 0 Å². The van der Waals surface area contributed by atoms with Crippen molar-refractivity contribution in [2.45, 2.75) is 61.9 Å². The standard InChI is InChI=1S/C25H30ClN5O4S/c26-24-23(28-14-22-16-35-11-12-36(22,33)34)15-29-31(25(24)32)21-9-7-20(8-10-21)30(19-5-6-19)18-3-1-17(13-27)2-4-18/h1-4,15,19-22,28H,5-12,14,16H2/t20-,21-,22-/m0/s1. The first kappa shape index (κ1) is 25.1. The van der Waals surface area contributed by atoms with Crippen molar-refractivity contribution >= 4 is 32.8 Å². The Morgan fingerprint density at radius 3 is 2.42 bits per heavy atom. The third kappa shape index (κ3) is 5.24. The van der Waals surface area contributed by atoms with Crippen LogP contribution in [-0.2, 0) is 14.6 Å². The highest BCUT2D eigenvalue weighted by molar-refractivity contribution is 7.92. The molecule has 0 bridgehead atoms. The van der Waals surface area contributed by atoms with Crippen molar-refractivity contribution in [2.75, 3.05) is 35.7 Å². The summed E-state index contributed by atoms with van der Waals surface area (Å²) in [6, 6.07) is 10.9. The molecule has 1 aromatic carbocycles. The van der Waals surface area contributed by atoms with Crippen LogP contribution in [0.25, 0.3) is 0 Å². The van der Waals surface area contributed by atoms with E-state index >= 15 is 0 Å². The van der Waals surface area contributed by atoms with E-state index in [2.05, 4.69) is 21.4 Å². The molecule has 1 aliphatic heterocycles. The first-order valence-corrected chi connectivity index (χ1v) is 14.6. The maximum Gasteiger partial charge on any atom is 0.287 e. The van der Waals surface area contributed by atoms with Crippen LogP contribution in [0.5, 0.6) is 0 Å². The van der Waals surface area contributed by atoms with E-state index in [0.717, 1.165) is 31.4 Å². The van der Waals surface area contributed by atoms with Gasteiger partial charge in [0.2, 0.25) is 0 Å². The van der Waals surface area contributed by atoms with Gasteiger partial charge in [-0.2, -0.15) is 10.4 Å². The molecular weight excluding hydrogens is 502 g/mol. The number of nitrogens with one attached hydrogen (secondary N) is 1. The van der Waals surface area contributed by atoms with E-state index in [9.17, 15) is 13.2 Å². The van der Waals surface area contributed by atoms with Gasteiger partial charge < -0.3 is 15.0 Å². The van der Waals surface area contributed by atoms with E-state index in [4.69, 9.17) is 21.6 Å². The molecule has 5 rings (SSSR count). The molecule has 0 spiro atoms. The first-order chi connectivity index (χ1) is 17.4. The van der Waals surface area contributed by atoms with Gasteiger partial charge in [0.25, 0.3) is 5.56 Å². The molecule has 2 heterocycles. The van der Waals surface area contributed by atoms with Gasteiger partial charge in [-0.15, -0.1) is 0 Å². The Labute approximate surface area is 215 Å². The maximum atomic E-state index is 13.0. The molecule has 11 heteroatoms. The van der Waals surface area contributed by atoms with Crippen LogP contribution in [0.3, 0.4) is 0 Å². The zero-order valence-electron chi connectivity index (χ0n) is 20.0. The average Bonchev–Trinajstić information content (AvgIpc) is 3.72. The number of aromatic nitrogens is 2. The zero-order valence-corrected chi connectivity index (χ0v) is 21.5. The highest BCUT2D eigenvalue weighted by atomic mass is 35.5. The van der Waals surface area contributed by atoms with Crippen LogP contribution in [0.4, 0.5) is 11.4 Å². The lowest BCUT2D eigenvalue weighted by molar-refractivity contribution is 0.140. The molecule has 2 aliphatic carbocycles. The number of nitriles is 1. The van der Waals surface area contributed by atoms with Crippen molar-refractivity contribution in [2.24, 2.45) is 0 Å². The van der Waals surface area contributed by atoms with Crippen LogP contribution in [-0.4, -0.2) is 61.0 Å². The summed E-state index contributed by atoms with van der Waals surface area (Å²) in [7, 11) is -3.23. The van der Waals surface area contributed by atoms with Crippen LogP contribution in [0.2, 0.25) is 5.02 Å². The Balaban J connectivity index is 1.24. The van der Waals surface area contributed by atoms with Gasteiger partial charge in [0.05, 0.1) is 48.5 Å². The van der Waals surface area contributed by atoms with Crippen molar-refractivity contribution in [3.8, 4) is 6.07 Å². The smallest absolute Gasteiger partial charge is 0.287 e. The molecule has 36 heavy (non-hydrogen) atoms. The summed E-state index contributed by atoms with van der Waals surface area (Å²) >= 11 is 6.39. The molecule has 1 N–H and O–H groups in total. The van der Waals surface area contributed by atoms with E-state index in [1.165, 1.54) is 23.7 Å². The van der Waals surface area contributed by atoms with Gasteiger partial charge in [0.15, 0.2) is 9.84 Å². The van der Waals surface area contributed by atoms with Crippen LogP contribution < -0.4 is 15.8 Å². The van der Waals surface area contributed by atoms with Crippen LogP contribution >= 0.6 is 11.6 Å². The highest BCUT2D eigenvalue weighted by Crippen LogP contribution is 2.39. The molecule has 3 aliphatic rings. The Kier molecular flexibility index (Phi) is 7.24. The predicted octanol–water partition coefficient (Wildman–Crippen LogP) is 3.15. The summed E-state index contributed by atoms with van der Waals surface area (Å²) in [4.78, 5) is 15.5. The monoisotopic (exact) mass is 531 g/mol. The summed E-state index contributed by atoms with van der Waals surface area (Å²) in [5.41, 5.74) is 1.79. The number of ether oxygens (including phenoxy) is 1. The fourth-order valence-electron chi connectivity index (χ4n) is 5.26. The van der Waals surface area contributed by atoms with Gasteiger partial charge >= 0.3 is 0 Å². The minimum Gasteiger partial charge on any atom is -0.381 e. The second-order valence-electron chi connectivity index (χ2n) is 9.83. The number of benzene rings is 1. The fourth-order valence-corrected chi connectivity index (χ4v) is 6.79. The fraction of sp³-hybridized carbons (Fsp3) is 0.560. The number of hydrogen-bond donors (Lipinski definition) is 1. The SMILES string of the molecule is N#Cc1ccc(N(C2CC2)[C@H]2CC[C@H](n3ncc(NC[C@H]4COCCS4(=O)=O)c(Cl)c3=O)CC2)cc1. The van der Waals surface area contributed by atoms with E-state index < -0.39 is 15.1 Å². The number of sulfone groups is 1. The van der Waals surface area contributed by atoms with E-state index in [-0.39, 0.29) is 42.1 Å². The molecule has 1 atom stereocenters. The Hall–Kier alpha value is -2.61. The average molecular weight is 532 g/mol. The molecule has 192 valence electrons. The van der Waals surface area contributed by atoms with E-state index in [1.807, 2.05) is 24.3 Å². The van der Waals surface area contributed by atoms with Gasteiger partial charge in [-0.25, -0.2) is 13.1 Å². The summed E-state index contributed by atoms with van der Waals surface area (Å²) in [5.74, 6) is -0.00104. The van der Waals surface area contributed by atoms with Crippen molar-refractivity contribution in [1.82, 2.24) is 9.78 Å². The van der Waals surface area contributed by atoms with Gasteiger partial charge in [-0.3, -0.25) is 4.79 Å². The Morgan fingerprint density at radius 1 is 1.14 bits per heavy atom. The molecule has 0 radical (unpaired) electrons. The molecule has 2 aromatic rings. The molecular formula is C25H30ClN5O4S. The molecule has 1 aromatic heterocycles. The third-order valence-electron chi connectivity index (χ3n) is 7.43. The lowest BCUT2D eigenvalue weighted by Crippen LogP contribution is -2.42. The van der Waals surface area contributed by atoms with Gasteiger partial charge in [-0.1, -0.05) is 11.6 Å². The molecule has 1 saturated heterocycles. The number of rotatable bonds is 7. The van der Waals surface area contributed by atoms with Crippen LogP contribution in [0.1, 0.15) is 50.1 Å². The minimum atomic E-state index is -3.23. The predicted molar refractivity (Wildman–Crippen MR) is 138 cm³/mol. The van der Waals surface area contributed by atoms with Crippen molar-refractivity contribution in [3.05, 3.63) is 51.4 Å². The highest BCUT2D eigenvalue weighted by Gasteiger charge is 2.37. The van der Waals surface area contributed by atoms with Gasteiger partial charge in [0.1, 0.15) is 10.3 Å². The second-order valence-corrected chi connectivity index (χ2v) is 12.6. The summed E-state index contributed by atoms with van der Waals surface area (Å²) in [6.07, 6.45) is 7.38. The van der Waals surface area contributed by atoms with Gasteiger partial charge in [-0.05, 0) is 62.8 Å². The lowest BCUT2D eigenvalue weighted by atomic mass is 9.89. The second kappa shape index (κ2) is 10.4. The molecule has 0 amide bonds. The molecule has 0 unspecified atom stereocenters. The number of hydrogen-bond acceptors (Lipinski definition) is 8. The first-order valence-electron chi connectivity index (χ1n) is 12.5. The lowest BCUT2D eigenvalue weighted by Gasteiger charge is -2.39. The maximum absolute atomic E-state index is 13.0. The normalized spacial score (nSPS) is 25.6. The minimum absolute atomic E-state index is 0.00104. The van der Waals surface area contributed by atoms with Crippen molar-refractivity contribution in [3.63, 3.8) is 0 Å². The number of anilines is 2. The van der Waals surface area contributed by atoms with Crippen molar-refractivity contribution in [1.29, 1.82) is 5.26 Å². The number of nitrogens with zero attached hydrogens (tertiary/aromatic N) is 4. The third-order valence-corrected chi connectivity index (χ3v) is 9.85. The van der Waals surface area contributed by atoms with Crippen molar-refractivity contribution < 1.29 is 13.2 Å². The Bertz CT molecular complexity index is 1300. The molecule has 3 fully saturated rings. The Morgan fingerprint density at radius 2 is 1.81 bits per heavy atom. The molecule has 2 saturated carbocycles. The van der Waals surface area contributed by atoms with E-state index in [0.29, 0.717) is 23.3 Å².